The van der Waals surface area contributed by atoms with E-state index in [1.54, 1.807) is 91.0 Å². The molecule has 0 bridgehead atoms. The second kappa shape index (κ2) is 10.5. The lowest BCUT2D eigenvalue weighted by atomic mass is 10.1. The van der Waals surface area contributed by atoms with Crippen molar-refractivity contribution in [3.8, 4) is 0 Å². The van der Waals surface area contributed by atoms with Gasteiger partial charge in [-0.3, -0.25) is 14.4 Å². The lowest BCUT2D eigenvalue weighted by Crippen LogP contribution is -2.14. The van der Waals surface area contributed by atoms with Crippen molar-refractivity contribution in [1.82, 2.24) is 0 Å². The molecule has 4 aromatic carbocycles. The second-order valence-corrected chi connectivity index (χ2v) is 7.77. The molecule has 0 fully saturated rings. The molecule has 0 aliphatic heterocycles. The van der Waals surface area contributed by atoms with Crippen molar-refractivity contribution in [3.63, 3.8) is 0 Å². The SMILES string of the molecule is O=C(Nc1ccc(C(=O)Nc2ccc(NC(=O)c3ccccc3)cc2Cl)cc1)c1ccccc1. The van der Waals surface area contributed by atoms with E-state index in [0.717, 1.165) is 0 Å². The van der Waals surface area contributed by atoms with Gasteiger partial charge in [0.2, 0.25) is 0 Å². The van der Waals surface area contributed by atoms with Gasteiger partial charge in [-0.25, -0.2) is 0 Å². The molecular formula is C27H20ClN3O3. The summed E-state index contributed by atoms with van der Waals surface area (Å²) in [5.74, 6) is -0.846. The first-order valence-electron chi connectivity index (χ1n) is 10.4. The lowest BCUT2D eigenvalue weighted by Gasteiger charge is -2.11. The highest BCUT2D eigenvalue weighted by molar-refractivity contribution is 6.34. The van der Waals surface area contributed by atoms with Gasteiger partial charge in [0, 0.05) is 28.1 Å². The van der Waals surface area contributed by atoms with Gasteiger partial charge in [0.05, 0.1) is 10.7 Å². The summed E-state index contributed by atoms with van der Waals surface area (Å²) in [6, 6.07) is 29.1. The Hall–Kier alpha value is -4.42. The first kappa shape index (κ1) is 22.8. The quantitative estimate of drug-likeness (QED) is 0.319. The first-order valence-corrected chi connectivity index (χ1v) is 10.8. The van der Waals surface area contributed by atoms with Crippen LogP contribution >= 0.6 is 11.6 Å². The number of rotatable bonds is 6. The van der Waals surface area contributed by atoms with Crippen molar-refractivity contribution in [2.24, 2.45) is 0 Å². The number of carbonyl (C=O) groups excluding carboxylic acids is 3. The maximum Gasteiger partial charge on any atom is 0.255 e. The van der Waals surface area contributed by atoms with Crippen molar-refractivity contribution in [1.29, 1.82) is 0 Å². The molecule has 34 heavy (non-hydrogen) atoms. The molecule has 0 heterocycles. The molecule has 0 unspecified atom stereocenters. The normalized spacial score (nSPS) is 10.3. The fourth-order valence-corrected chi connectivity index (χ4v) is 3.41. The van der Waals surface area contributed by atoms with Crippen LogP contribution in [0.25, 0.3) is 0 Å². The Morgan fingerprint density at radius 2 is 0.941 bits per heavy atom. The minimum atomic E-state index is -0.357. The van der Waals surface area contributed by atoms with Crippen LogP contribution in [0, 0.1) is 0 Å². The number of hydrogen-bond acceptors (Lipinski definition) is 3. The summed E-state index contributed by atoms with van der Waals surface area (Å²) < 4.78 is 0. The summed E-state index contributed by atoms with van der Waals surface area (Å²) >= 11 is 6.32. The van der Waals surface area contributed by atoms with Gasteiger partial charge in [-0.15, -0.1) is 0 Å². The maximum absolute atomic E-state index is 12.6. The third kappa shape index (κ3) is 5.68. The topological polar surface area (TPSA) is 87.3 Å². The molecule has 0 aliphatic carbocycles. The van der Waals surface area contributed by atoms with Gasteiger partial charge in [-0.05, 0) is 66.7 Å². The van der Waals surface area contributed by atoms with Crippen LogP contribution < -0.4 is 16.0 Å². The summed E-state index contributed by atoms with van der Waals surface area (Å²) in [5, 5.41) is 8.60. The molecule has 0 saturated carbocycles. The molecule has 4 aromatic rings. The largest absolute Gasteiger partial charge is 0.322 e. The number of benzene rings is 4. The van der Waals surface area contributed by atoms with Gasteiger partial charge in [0.1, 0.15) is 0 Å². The molecule has 0 saturated heterocycles. The Kier molecular flexibility index (Phi) is 7.01. The van der Waals surface area contributed by atoms with Crippen LogP contribution in [-0.2, 0) is 0 Å². The van der Waals surface area contributed by atoms with Gasteiger partial charge in [0.15, 0.2) is 0 Å². The molecule has 0 spiro atoms. The van der Waals surface area contributed by atoms with Gasteiger partial charge in [-0.1, -0.05) is 48.0 Å². The predicted octanol–water partition coefficient (Wildman–Crippen LogP) is 6.10. The minimum Gasteiger partial charge on any atom is -0.322 e. The molecule has 4 rings (SSSR count). The number of carbonyl (C=O) groups is 3. The molecule has 6 nitrogen and oxygen atoms in total. The van der Waals surface area contributed by atoms with E-state index in [1.165, 1.54) is 0 Å². The summed E-state index contributed by atoms with van der Waals surface area (Å²) in [7, 11) is 0. The molecule has 168 valence electrons. The lowest BCUT2D eigenvalue weighted by molar-refractivity contribution is 0.101. The Labute approximate surface area is 201 Å². The Morgan fingerprint density at radius 3 is 1.47 bits per heavy atom. The highest BCUT2D eigenvalue weighted by Gasteiger charge is 2.12. The summed E-state index contributed by atoms with van der Waals surface area (Å²) in [5.41, 5.74) is 2.96. The molecule has 0 aromatic heterocycles. The monoisotopic (exact) mass is 469 g/mol. The smallest absolute Gasteiger partial charge is 0.255 e. The summed E-state index contributed by atoms with van der Waals surface area (Å²) in [4.78, 5) is 37.2. The zero-order chi connectivity index (χ0) is 23.9. The first-order chi connectivity index (χ1) is 16.5. The zero-order valence-corrected chi connectivity index (χ0v) is 18.7. The Bertz CT molecular complexity index is 1320. The molecule has 0 aliphatic rings. The van der Waals surface area contributed by atoms with Gasteiger partial charge in [0.25, 0.3) is 17.7 Å². The van der Waals surface area contributed by atoms with Gasteiger partial charge < -0.3 is 16.0 Å². The molecule has 3 N–H and O–H groups in total. The highest BCUT2D eigenvalue weighted by Crippen LogP contribution is 2.26. The fourth-order valence-electron chi connectivity index (χ4n) is 3.18. The summed E-state index contributed by atoms with van der Waals surface area (Å²) in [6.07, 6.45) is 0. The Morgan fingerprint density at radius 1 is 0.500 bits per heavy atom. The van der Waals surface area contributed by atoms with Crippen LogP contribution in [0.4, 0.5) is 17.1 Å². The van der Waals surface area contributed by atoms with Gasteiger partial charge in [-0.2, -0.15) is 0 Å². The van der Waals surface area contributed by atoms with Crippen LogP contribution in [0.1, 0.15) is 31.1 Å². The average Bonchev–Trinajstić information content (AvgIpc) is 2.87. The minimum absolute atomic E-state index is 0.232. The highest BCUT2D eigenvalue weighted by atomic mass is 35.5. The van der Waals surface area contributed by atoms with Crippen molar-refractivity contribution in [2.45, 2.75) is 0 Å². The van der Waals surface area contributed by atoms with E-state index in [9.17, 15) is 14.4 Å². The van der Waals surface area contributed by atoms with E-state index in [-0.39, 0.29) is 22.7 Å². The predicted molar refractivity (Wildman–Crippen MR) is 135 cm³/mol. The van der Waals surface area contributed by atoms with Crippen molar-refractivity contribution < 1.29 is 14.4 Å². The van der Waals surface area contributed by atoms with Crippen LogP contribution in [-0.4, -0.2) is 17.7 Å². The second-order valence-electron chi connectivity index (χ2n) is 7.37. The van der Waals surface area contributed by atoms with Crippen molar-refractivity contribution in [3.05, 3.63) is 125 Å². The van der Waals surface area contributed by atoms with E-state index in [0.29, 0.717) is 33.8 Å². The number of nitrogens with one attached hydrogen (secondary N) is 3. The molecular weight excluding hydrogens is 450 g/mol. The molecule has 0 radical (unpaired) electrons. The van der Waals surface area contributed by atoms with Crippen molar-refractivity contribution >= 4 is 46.4 Å². The zero-order valence-electron chi connectivity index (χ0n) is 17.9. The Balaban J connectivity index is 1.37. The van der Waals surface area contributed by atoms with E-state index < -0.39 is 0 Å². The van der Waals surface area contributed by atoms with Gasteiger partial charge >= 0.3 is 0 Å². The third-order valence-corrected chi connectivity index (χ3v) is 5.26. The van der Waals surface area contributed by atoms with Crippen LogP contribution in [0.3, 0.4) is 0 Å². The standard InChI is InChI=1S/C27H20ClN3O3/c28-23-17-22(30-26(33)19-9-5-2-6-10-19)15-16-24(23)31-27(34)20-11-13-21(14-12-20)29-25(32)18-7-3-1-4-8-18/h1-17H,(H,29,32)(H,30,33)(H,31,34). The fraction of sp³-hybridized carbons (Fsp3) is 0. The number of anilines is 3. The van der Waals surface area contributed by atoms with Crippen LogP contribution in [0.15, 0.2) is 103 Å². The average molecular weight is 470 g/mol. The van der Waals surface area contributed by atoms with E-state index in [1.807, 2.05) is 12.1 Å². The van der Waals surface area contributed by atoms with Crippen LogP contribution in [0.5, 0.6) is 0 Å². The van der Waals surface area contributed by atoms with Crippen molar-refractivity contribution in [2.75, 3.05) is 16.0 Å². The third-order valence-electron chi connectivity index (χ3n) is 4.95. The maximum atomic E-state index is 12.6. The molecule has 0 atom stereocenters. The van der Waals surface area contributed by atoms with E-state index in [2.05, 4.69) is 16.0 Å². The van der Waals surface area contributed by atoms with Crippen LogP contribution in [0.2, 0.25) is 5.02 Å². The van der Waals surface area contributed by atoms with E-state index in [4.69, 9.17) is 11.6 Å². The summed E-state index contributed by atoms with van der Waals surface area (Å²) in [6.45, 7) is 0. The number of hydrogen-bond donors (Lipinski definition) is 3. The number of halogens is 1. The molecule has 7 heteroatoms. The number of amides is 3. The van der Waals surface area contributed by atoms with E-state index >= 15 is 0 Å². The molecule has 3 amide bonds.